The number of aromatic nitrogens is 2. The van der Waals surface area contributed by atoms with E-state index in [1.54, 1.807) is 13.2 Å². The zero-order chi connectivity index (χ0) is 15.4. The van der Waals surface area contributed by atoms with E-state index in [9.17, 15) is 4.39 Å². The molecule has 0 spiro atoms. The third-order valence-electron chi connectivity index (χ3n) is 3.22. The van der Waals surface area contributed by atoms with Crippen LogP contribution in [0.25, 0.3) is 11.3 Å². The second kappa shape index (κ2) is 6.52. The molecule has 1 heterocycles. The number of anilines is 1. The largest absolute Gasteiger partial charge is 0.496 e. The van der Waals surface area contributed by atoms with Gasteiger partial charge in [0.15, 0.2) is 0 Å². The summed E-state index contributed by atoms with van der Waals surface area (Å²) in [5.41, 5.74) is 2.22. The Labute approximate surface area is 124 Å². The van der Waals surface area contributed by atoms with E-state index >= 15 is 0 Å². The van der Waals surface area contributed by atoms with Crippen molar-refractivity contribution in [3.05, 3.63) is 35.4 Å². The fourth-order valence-corrected chi connectivity index (χ4v) is 2.17. The smallest absolute Gasteiger partial charge is 0.133 e. The number of rotatable bonds is 5. The molecule has 0 radical (unpaired) electrons. The van der Waals surface area contributed by atoms with Gasteiger partial charge in [-0.25, -0.2) is 14.4 Å². The van der Waals surface area contributed by atoms with E-state index < -0.39 is 0 Å². The van der Waals surface area contributed by atoms with Gasteiger partial charge in [-0.15, -0.1) is 0 Å². The van der Waals surface area contributed by atoms with E-state index in [0.717, 1.165) is 24.3 Å². The van der Waals surface area contributed by atoms with Gasteiger partial charge in [-0.05, 0) is 38.5 Å². The minimum atomic E-state index is -0.315. The van der Waals surface area contributed by atoms with Crippen LogP contribution in [-0.2, 0) is 0 Å². The Kier molecular flexibility index (Phi) is 4.73. The predicted octanol–water partition coefficient (Wildman–Crippen LogP) is 3.73. The van der Waals surface area contributed by atoms with Crippen LogP contribution < -0.4 is 10.1 Å². The second-order valence-corrected chi connectivity index (χ2v) is 4.86. The number of hydrogen-bond donors (Lipinski definition) is 1. The molecule has 112 valence electrons. The molecule has 0 unspecified atom stereocenters. The maximum atomic E-state index is 13.6. The lowest BCUT2D eigenvalue weighted by Gasteiger charge is -2.14. The molecule has 2 aromatic rings. The van der Waals surface area contributed by atoms with E-state index in [1.165, 1.54) is 12.1 Å². The molecule has 0 aliphatic carbocycles. The van der Waals surface area contributed by atoms with Gasteiger partial charge < -0.3 is 10.1 Å². The molecule has 0 bridgehead atoms. The van der Waals surface area contributed by atoms with Gasteiger partial charge in [0.2, 0.25) is 0 Å². The van der Waals surface area contributed by atoms with Crippen molar-refractivity contribution in [2.24, 2.45) is 0 Å². The van der Waals surface area contributed by atoms with E-state index in [4.69, 9.17) is 4.74 Å². The van der Waals surface area contributed by atoms with Gasteiger partial charge in [-0.3, -0.25) is 0 Å². The highest BCUT2D eigenvalue weighted by molar-refractivity contribution is 5.73. The number of halogens is 1. The molecule has 1 aromatic heterocycles. The molecule has 0 aliphatic rings. The number of methoxy groups -OCH3 is 1. The first kappa shape index (κ1) is 15.2. The minimum absolute atomic E-state index is 0.315. The van der Waals surface area contributed by atoms with Crippen LogP contribution in [0.15, 0.2) is 18.2 Å². The molecule has 5 heteroatoms. The molecule has 4 nitrogen and oxygen atoms in total. The summed E-state index contributed by atoms with van der Waals surface area (Å²) < 4.78 is 18.9. The number of nitrogens with one attached hydrogen (secondary N) is 1. The molecular weight excluding hydrogens is 269 g/mol. The number of hydrogen-bond acceptors (Lipinski definition) is 4. The summed E-state index contributed by atoms with van der Waals surface area (Å²) >= 11 is 0. The van der Waals surface area contributed by atoms with Crippen molar-refractivity contribution >= 4 is 5.82 Å². The maximum Gasteiger partial charge on any atom is 0.133 e. The van der Waals surface area contributed by atoms with Crippen LogP contribution >= 0.6 is 0 Å². The zero-order valence-corrected chi connectivity index (χ0v) is 12.8. The van der Waals surface area contributed by atoms with E-state index in [-0.39, 0.29) is 5.82 Å². The summed E-state index contributed by atoms with van der Waals surface area (Å²) in [5.74, 6) is 1.70. The molecule has 1 aromatic carbocycles. The molecule has 0 aliphatic heterocycles. The topological polar surface area (TPSA) is 47.0 Å². The summed E-state index contributed by atoms with van der Waals surface area (Å²) in [5, 5.41) is 3.28. The Morgan fingerprint density at radius 3 is 2.67 bits per heavy atom. The summed E-state index contributed by atoms with van der Waals surface area (Å²) in [6.07, 6.45) is 1.00. The number of benzene rings is 1. The van der Waals surface area contributed by atoms with Crippen molar-refractivity contribution < 1.29 is 9.13 Å². The van der Waals surface area contributed by atoms with Gasteiger partial charge in [0, 0.05) is 17.7 Å². The second-order valence-electron chi connectivity index (χ2n) is 4.86. The van der Waals surface area contributed by atoms with Crippen LogP contribution in [-0.4, -0.2) is 23.6 Å². The van der Waals surface area contributed by atoms with E-state index in [2.05, 4.69) is 22.2 Å². The number of aryl methyl sites for hydroxylation is 1. The van der Waals surface area contributed by atoms with Gasteiger partial charge in [0.05, 0.1) is 12.8 Å². The van der Waals surface area contributed by atoms with Gasteiger partial charge in [-0.1, -0.05) is 6.92 Å². The van der Waals surface area contributed by atoms with Crippen molar-refractivity contribution in [1.29, 1.82) is 0 Å². The molecule has 2 rings (SSSR count). The average Bonchev–Trinajstić information content (AvgIpc) is 2.47. The highest BCUT2D eigenvalue weighted by Crippen LogP contribution is 2.33. The van der Waals surface area contributed by atoms with Crippen LogP contribution in [0.4, 0.5) is 10.2 Å². The number of nitrogens with zero attached hydrogens (tertiary/aromatic N) is 2. The van der Waals surface area contributed by atoms with Crippen molar-refractivity contribution in [3.8, 4) is 17.0 Å². The zero-order valence-electron chi connectivity index (χ0n) is 12.8. The molecular formula is C16H20FN3O. The standard InChI is InChI=1S/C16H20FN3O/c1-5-8-18-16-10(2)15(19-11(3)20-16)13-9-12(17)6-7-14(13)21-4/h6-7,9H,5,8H2,1-4H3,(H,18,19,20). The van der Waals surface area contributed by atoms with Crippen molar-refractivity contribution in [2.45, 2.75) is 27.2 Å². The Morgan fingerprint density at radius 2 is 2.00 bits per heavy atom. The van der Waals surface area contributed by atoms with Crippen molar-refractivity contribution in [2.75, 3.05) is 19.0 Å². The highest BCUT2D eigenvalue weighted by Gasteiger charge is 2.15. The van der Waals surface area contributed by atoms with Crippen LogP contribution in [0.2, 0.25) is 0 Å². The van der Waals surface area contributed by atoms with Crippen LogP contribution in [0.3, 0.4) is 0 Å². The van der Waals surface area contributed by atoms with Crippen molar-refractivity contribution in [1.82, 2.24) is 9.97 Å². The molecule has 21 heavy (non-hydrogen) atoms. The van der Waals surface area contributed by atoms with Gasteiger partial charge >= 0.3 is 0 Å². The Balaban J connectivity index is 2.58. The predicted molar refractivity (Wildman–Crippen MR) is 82.2 cm³/mol. The van der Waals surface area contributed by atoms with Gasteiger partial charge in [0.1, 0.15) is 23.2 Å². The Hall–Kier alpha value is -2.17. The average molecular weight is 289 g/mol. The summed E-state index contributed by atoms with van der Waals surface area (Å²) in [7, 11) is 1.57. The summed E-state index contributed by atoms with van der Waals surface area (Å²) in [4.78, 5) is 8.88. The molecule has 0 saturated heterocycles. The normalized spacial score (nSPS) is 10.5. The van der Waals surface area contributed by atoms with E-state index in [1.807, 2.05) is 13.8 Å². The SMILES string of the molecule is CCCNc1nc(C)nc(-c2cc(F)ccc2OC)c1C. The molecule has 0 amide bonds. The maximum absolute atomic E-state index is 13.6. The fourth-order valence-electron chi connectivity index (χ4n) is 2.17. The first-order valence-corrected chi connectivity index (χ1v) is 6.99. The molecule has 1 N–H and O–H groups in total. The van der Waals surface area contributed by atoms with Gasteiger partial charge in [-0.2, -0.15) is 0 Å². The molecule has 0 saturated carbocycles. The van der Waals surface area contributed by atoms with Crippen molar-refractivity contribution in [3.63, 3.8) is 0 Å². The first-order chi connectivity index (χ1) is 10.1. The molecule has 0 fully saturated rings. The molecule has 0 atom stereocenters. The Bertz CT molecular complexity index is 644. The fraction of sp³-hybridized carbons (Fsp3) is 0.375. The van der Waals surface area contributed by atoms with Crippen LogP contribution in [0.5, 0.6) is 5.75 Å². The summed E-state index contributed by atoms with van der Waals surface area (Å²) in [6.45, 7) is 6.67. The van der Waals surface area contributed by atoms with Crippen LogP contribution in [0, 0.1) is 19.7 Å². The number of ether oxygens (including phenoxy) is 1. The summed E-state index contributed by atoms with van der Waals surface area (Å²) in [6, 6.07) is 4.43. The lowest BCUT2D eigenvalue weighted by molar-refractivity contribution is 0.415. The quantitative estimate of drug-likeness (QED) is 0.911. The highest BCUT2D eigenvalue weighted by atomic mass is 19.1. The minimum Gasteiger partial charge on any atom is -0.496 e. The third kappa shape index (κ3) is 3.29. The first-order valence-electron chi connectivity index (χ1n) is 6.99. The third-order valence-corrected chi connectivity index (χ3v) is 3.22. The monoisotopic (exact) mass is 289 g/mol. The lowest BCUT2D eigenvalue weighted by Crippen LogP contribution is -2.08. The van der Waals surface area contributed by atoms with Gasteiger partial charge in [0.25, 0.3) is 0 Å². The van der Waals surface area contributed by atoms with E-state index in [0.29, 0.717) is 22.8 Å². The Morgan fingerprint density at radius 1 is 1.24 bits per heavy atom. The lowest BCUT2D eigenvalue weighted by atomic mass is 10.1. The van der Waals surface area contributed by atoms with Crippen LogP contribution in [0.1, 0.15) is 24.7 Å².